The number of carbonyl (C=O) groups excluding carboxylic acids is 2. The van der Waals surface area contributed by atoms with E-state index in [9.17, 15) is 9.59 Å². The summed E-state index contributed by atoms with van der Waals surface area (Å²) in [7, 11) is 0. The summed E-state index contributed by atoms with van der Waals surface area (Å²) in [6.45, 7) is 4.14. The lowest BCUT2D eigenvalue weighted by Gasteiger charge is -2.24. The average molecular weight is 613 g/mol. The number of fused-ring (bicyclic) bond motifs is 3. The van der Waals surface area contributed by atoms with Crippen molar-refractivity contribution >= 4 is 23.5 Å². The van der Waals surface area contributed by atoms with Gasteiger partial charge in [0.2, 0.25) is 0 Å². The highest BCUT2D eigenvalue weighted by Gasteiger charge is 2.32. The molecular weight excluding hydrogens is 578 g/mol. The maximum absolute atomic E-state index is 13.9. The van der Waals surface area contributed by atoms with E-state index < -0.39 is 12.1 Å². The van der Waals surface area contributed by atoms with Gasteiger partial charge in [0.15, 0.2) is 5.78 Å². The maximum Gasteiger partial charge on any atom is 0.407 e. The zero-order valence-electron chi connectivity index (χ0n) is 25.4. The van der Waals surface area contributed by atoms with Crippen molar-refractivity contribution in [1.29, 1.82) is 0 Å². The summed E-state index contributed by atoms with van der Waals surface area (Å²) in [6.07, 6.45) is 0.0910. The Bertz CT molecular complexity index is 1720. The third kappa shape index (κ3) is 6.29. The van der Waals surface area contributed by atoms with E-state index in [2.05, 4.69) is 53.8 Å². The Hall–Kier alpha value is -4.67. The number of rotatable bonds is 10. The molecule has 6 rings (SSSR count). The molecule has 0 aliphatic heterocycles. The lowest BCUT2D eigenvalue weighted by molar-refractivity contribution is 0.0881. The van der Waals surface area contributed by atoms with E-state index in [1.807, 2.05) is 80.6 Å². The van der Waals surface area contributed by atoms with Crippen LogP contribution in [0.3, 0.4) is 0 Å². The predicted octanol–water partition coefficient (Wildman–Crippen LogP) is 9.50. The Morgan fingerprint density at radius 3 is 1.80 bits per heavy atom. The van der Waals surface area contributed by atoms with Crippen molar-refractivity contribution < 1.29 is 14.3 Å². The molecule has 45 heavy (non-hydrogen) atoms. The largest absolute Gasteiger partial charge is 0.449 e. The SMILES string of the molecule is CC[C@H](C)[C@H](NC(=O)OCC1c2ccccc2-c2ccccc21)C(=O)c1ccc([C](c2ccccc2)c2ccccc2)c(Cl)c1. The standard InChI is InChI=1S/C40H35ClNO3/c1-3-26(2)38(42-40(44)45-25-35-32-20-12-10-18-30(32)31-19-11-13-21-33(31)35)39(43)29-22-23-34(36(41)24-29)37(27-14-6-4-7-15-27)28-16-8-5-9-17-28/h4-24,26,35,38H,3,25H2,1-2H3,(H,42,44)/t26-,38-/m0/s1. The van der Waals surface area contributed by atoms with E-state index in [1.165, 1.54) is 0 Å². The Labute approximate surface area is 270 Å². The number of benzene rings is 5. The van der Waals surface area contributed by atoms with E-state index in [1.54, 1.807) is 12.1 Å². The number of carbonyl (C=O) groups is 2. The van der Waals surface area contributed by atoms with Gasteiger partial charge in [0.25, 0.3) is 0 Å². The zero-order chi connectivity index (χ0) is 31.3. The van der Waals surface area contributed by atoms with E-state index in [-0.39, 0.29) is 24.2 Å². The van der Waals surface area contributed by atoms with Gasteiger partial charge in [-0.1, -0.05) is 153 Å². The molecule has 1 aliphatic carbocycles. The summed E-state index contributed by atoms with van der Waals surface area (Å²) in [4.78, 5) is 27.1. The minimum atomic E-state index is -0.765. The Balaban J connectivity index is 1.20. The zero-order valence-corrected chi connectivity index (χ0v) is 26.1. The van der Waals surface area contributed by atoms with Crippen molar-refractivity contribution in [3.63, 3.8) is 0 Å². The summed E-state index contributed by atoms with van der Waals surface area (Å²) in [5, 5.41) is 3.35. The van der Waals surface area contributed by atoms with Crippen molar-refractivity contribution in [1.82, 2.24) is 5.32 Å². The van der Waals surface area contributed by atoms with Crippen molar-refractivity contribution in [2.75, 3.05) is 6.61 Å². The van der Waals surface area contributed by atoms with Gasteiger partial charge in [0, 0.05) is 16.5 Å². The van der Waals surface area contributed by atoms with Crippen LogP contribution in [-0.4, -0.2) is 24.5 Å². The fraction of sp³-hybridized carbons (Fsp3) is 0.175. The molecule has 0 fully saturated rings. The topological polar surface area (TPSA) is 55.4 Å². The summed E-state index contributed by atoms with van der Waals surface area (Å²) >= 11 is 6.91. The van der Waals surface area contributed by atoms with E-state index in [0.717, 1.165) is 44.9 Å². The van der Waals surface area contributed by atoms with E-state index in [4.69, 9.17) is 16.3 Å². The minimum absolute atomic E-state index is 0.0630. The van der Waals surface area contributed by atoms with Gasteiger partial charge in [-0.2, -0.15) is 0 Å². The Morgan fingerprint density at radius 2 is 1.27 bits per heavy atom. The number of alkyl carbamates (subject to hydrolysis) is 1. The molecule has 0 saturated heterocycles. The molecular formula is C40H35ClNO3. The minimum Gasteiger partial charge on any atom is -0.449 e. The van der Waals surface area contributed by atoms with Gasteiger partial charge in [0.05, 0.1) is 12.0 Å². The first-order valence-corrected chi connectivity index (χ1v) is 15.8. The first-order valence-electron chi connectivity index (χ1n) is 15.4. The van der Waals surface area contributed by atoms with E-state index in [0.29, 0.717) is 17.0 Å². The molecule has 0 spiro atoms. The second-order valence-corrected chi connectivity index (χ2v) is 11.9. The number of hydrogen-bond acceptors (Lipinski definition) is 3. The number of amides is 1. The van der Waals surface area contributed by atoms with Crippen LogP contribution in [0.4, 0.5) is 4.79 Å². The molecule has 0 bridgehead atoms. The van der Waals surface area contributed by atoms with Crippen LogP contribution in [0.2, 0.25) is 5.02 Å². The molecule has 1 N–H and O–H groups in total. The molecule has 0 unspecified atom stereocenters. The monoisotopic (exact) mass is 612 g/mol. The number of Topliss-reactive ketones (excluding diaryl/α,β-unsaturated/α-hetero) is 1. The highest BCUT2D eigenvalue weighted by molar-refractivity contribution is 6.32. The van der Waals surface area contributed by atoms with Gasteiger partial charge in [-0.25, -0.2) is 4.79 Å². The highest BCUT2D eigenvalue weighted by Crippen LogP contribution is 2.44. The van der Waals surface area contributed by atoms with Crippen molar-refractivity contribution in [2.45, 2.75) is 32.2 Å². The summed E-state index contributed by atoms with van der Waals surface area (Å²) in [5.41, 5.74) is 7.92. The molecule has 1 aliphatic rings. The van der Waals surface area contributed by atoms with Crippen LogP contribution in [-0.2, 0) is 4.74 Å². The fourth-order valence-corrected chi connectivity index (χ4v) is 6.48. The molecule has 5 aromatic carbocycles. The van der Waals surface area contributed by atoms with Gasteiger partial charge >= 0.3 is 6.09 Å². The number of ether oxygens (including phenoxy) is 1. The maximum atomic E-state index is 13.9. The lowest BCUT2D eigenvalue weighted by atomic mass is 9.84. The number of hydrogen-bond donors (Lipinski definition) is 1. The first kappa shape index (κ1) is 30.4. The van der Waals surface area contributed by atoms with Gasteiger partial charge in [-0.15, -0.1) is 0 Å². The van der Waals surface area contributed by atoms with E-state index >= 15 is 0 Å². The average Bonchev–Trinajstić information content (AvgIpc) is 3.41. The van der Waals surface area contributed by atoms with Crippen LogP contribution < -0.4 is 5.32 Å². The quantitative estimate of drug-likeness (QED) is 0.126. The fourth-order valence-electron chi connectivity index (χ4n) is 6.21. The van der Waals surface area contributed by atoms with Crippen molar-refractivity contribution in [3.8, 4) is 11.1 Å². The normalized spacial score (nSPS) is 13.5. The molecule has 0 heterocycles. The van der Waals surface area contributed by atoms with Crippen LogP contribution in [0.15, 0.2) is 127 Å². The van der Waals surface area contributed by atoms with Crippen molar-refractivity contribution in [2.24, 2.45) is 5.92 Å². The Morgan fingerprint density at radius 1 is 0.733 bits per heavy atom. The summed E-state index contributed by atoms with van der Waals surface area (Å²) in [5.74, 6) is 0.599. The Kier molecular flexibility index (Phi) is 9.13. The third-order valence-corrected chi connectivity index (χ3v) is 9.07. The van der Waals surface area contributed by atoms with Gasteiger partial charge < -0.3 is 10.1 Å². The van der Waals surface area contributed by atoms with Crippen LogP contribution in [0.25, 0.3) is 11.1 Å². The molecule has 0 aromatic heterocycles. The van der Waals surface area contributed by atoms with Crippen LogP contribution >= 0.6 is 11.6 Å². The molecule has 5 aromatic rings. The predicted molar refractivity (Wildman–Crippen MR) is 181 cm³/mol. The van der Waals surface area contributed by atoms with Crippen molar-refractivity contribution in [3.05, 3.63) is 172 Å². The molecule has 4 nitrogen and oxygen atoms in total. The number of ketones is 1. The molecule has 0 saturated carbocycles. The van der Waals surface area contributed by atoms with Crippen LogP contribution in [0.5, 0.6) is 0 Å². The highest BCUT2D eigenvalue weighted by atomic mass is 35.5. The molecule has 5 heteroatoms. The first-order chi connectivity index (χ1) is 22.0. The summed E-state index contributed by atoms with van der Waals surface area (Å²) in [6, 6.07) is 41.2. The van der Waals surface area contributed by atoms with Gasteiger partial charge in [0.1, 0.15) is 6.61 Å². The van der Waals surface area contributed by atoms with Crippen LogP contribution in [0, 0.1) is 11.8 Å². The second-order valence-electron chi connectivity index (χ2n) is 11.5. The third-order valence-electron chi connectivity index (χ3n) is 8.76. The van der Waals surface area contributed by atoms with Gasteiger partial charge in [-0.05, 0) is 50.9 Å². The summed E-state index contributed by atoms with van der Waals surface area (Å²) < 4.78 is 5.79. The number of nitrogens with one attached hydrogen (secondary N) is 1. The molecule has 1 radical (unpaired) electrons. The molecule has 225 valence electrons. The molecule has 2 atom stereocenters. The van der Waals surface area contributed by atoms with Crippen LogP contribution in [0.1, 0.15) is 64.4 Å². The lowest BCUT2D eigenvalue weighted by Crippen LogP contribution is -2.45. The smallest absolute Gasteiger partial charge is 0.407 e. The van der Waals surface area contributed by atoms with Gasteiger partial charge in [-0.3, -0.25) is 4.79 Å². The second kappa shape index (κ2) is 13.5. The molecule has 1 amide bonds. The number of halogens is 1.